The molecule has 0 atom stereocenters. The molecule has 0 aliphatic heterocycles. The number of hydrogen-bond acceptors (Lipinski definition) is 11. The van der Waals surface area contributed by atoms with Crippen LogP contribution in [-0.2, 0) is 38.7 Å². The Bertz CT molecular complexity index is 2270. The van der Waals surface area contributed by atoms with Crippen molar-refractivity contribution in [2.24, 2.45) is 76.7 Å². The van der Waals surface area contributed by atoms with Crippen molar-refractivity contribution in [3.8, 4) is 34.5 Å². The summed E-state index contributed by atoms with van der Waals surface area (Å²) in [5.74, 6) is 15.1. The summed E-state index contributed by atoms with van der Waals surface area (Å²) in [5, 5.41) is 0. The van der Waals surface area contributed by atoms with E-state index >= 15 is 0 Å². The average Bonchev–Trinajstić information content (AvgIpc) is 2.84. The Balaban J connectivity index is 0.575. The summed E-state index contributed by atoms with van der Waals surface area (Å²) in [4.78, 5) is 0. The van der Waals surface area contributed by atoms with Crippen molar-refractivity contribution in [3.05, 3.63) is 71.3 Å². The first-order chi connectivity index (χ1) is 41.1. The Morgan fingerprint density at radius 2 is 0.464 bits per heavy atom. The second-order valence-electron chi connectivity index (χ2n) is 30.8. The van der Waals surface area contributed by atoms with Gasteiger partial charge in [-0.15, -0.1) is 0 Å². The third-order valence-electron chi connectivity index (χ3n) is 23.7. The van der Waals surface area contributed by atoms with Gasteiger partial charge < -0.3 is 53.1 Å². The van der Waals surface area contributed by atoms with Crippen LogP contribution in [0.5, 0.6) is 34.5 Å². The van der Waals surface area contributed by atoms with Gasteiger partial charge in [-0.25, -0.2) is 0 Å². The maximum atomic E-state index is 6.78. The van der Waals surface area contributed by atoms with Crippen molar-refractivity contribution in [2.75, 3.05) is 52.9 Å². The van der Waals surface area contributed by atoms with E-state index in [9.17, 15) is 0 Å². The molecule has 19 rings (SSSR count). The lowest BCUT2D eigenvalue weighted by atomic mass is 9.54. The molecule has 11 heteroatoms. The smallest absolute Gasteiger partial charge is 0.123 e. The lowest BCUT2D eigenvalue weighted by molar-refractivity contribution is -0.163. The molecule has 84 heavy (non-hydrogen) atoms. The predicted octanol–water partition coefficient (Wildman–Crippen LogP) is 15.3. The van der Waals surface area contributed by atoms with Crippen LogP contribution in [0, 0.1) is 71.0 Å². The highest BCUT2D eigenvalue weighted by Crippen LogP contribution is 2.61. The maximum Gasteiger partial charge on any atom is 0.123 e. The summed E-state index contributed by atoms with van der Waals surface area (Å²) in [6.07, 6.45) is 35.6. The highest BCUT2D eigenvalue weighted by Gasteiger charge is 2.55. The Kier molecular flexibility index (Phi) is 16.4. The van der Waals surface area contributed by atoms with Gasteiger partial charge in [0, 0.05) is 50.4 Å². The zero-order valence-corrected chi connectivity index (χ0v) is 50.9. The molecular formula is C73H101NO10. The van der Waals surface area contributed by atoms with Crippen LogP contribution in [0.4, 0.5) is 0 Å². The van der Waals surface area contributed by atoms with Gasteiger partial charge in [-0.3, -0.25) is 0 Å². The van der Waals surface area contributed by atoms with Gasteiger partial charge in [-0.2, -0.15) is 0 Å². The number of hydrogen-bond donors (Lipinski definition) is 1. The van der Waals surface area contributed by atoms with Gasteiger partial charge in [0.1, 0.15) is 47.7 Å². The summed E-state index contributed by atoms with van der Waals surface area (Å²) < 4.78 is 66.4. The molecule has 3 aromatic carbocycles. The van der Waals surface area contributed by atoms with Crippen LogP contribution in [0.1, 0.15) is 196 Å². The fourth-order valence-corrected chi connectivity index (χ4v) is 22.0. The Morgan fingerprint density at radius 3 is 0.679 bits per heavy atom. The third kappa shape index (κ3) is 13.2. The summed E-state index contributed by atoms with van der Waals surface area (Å²) in [7, 11) is 0. The van der Waals surface area contributed by atoms with E-state index in [-0.39, 0.29) is 22.4 Å². The fourth-order valence-electron chi connectivity index (χ4n) is 22.0. The first-order valence-electron chi connectivity index (χ1n) is 34.5. The Morgan fingerprint density at radius 1 is 0.262 bits per heavy atom. The Hall–Kier alpha value is -3.74. The quantitative estimate of drug-likeness (QED) is 0.0621. The monoisotopic (exact) mass is 1150 g/mol. The summed E-state index contributed by atoms with van der Waals surface area (Å²) in [6.45, 7) is 6.33. The predicted molar refractivity (Wildman–Crippen MR) is 324 cm³/mol. The summed E-state index contributed by atoms with van der Waals surface area (Å²) >= 11 is 0. The molecule has 16 fully saturated rings. The van der Waals surface area contributed by atoms with E-state index in [1.54, 1.807) is 0 Å². The highest BCUT2D eigenvalue weighted by molar-refractivity contribution is 5.42. The van der Waals surface area contributed by atoms with Gasteiger partial charge in [0.2, 0.25) is 0 Å². The molecule has 0 spiro atoms. The average molecular weight is 1150 g/mol. The first-order valence-corrected chi connectivity index (χ1v) is 34.5. The van der Waals surface area contributed by atoms with Crippen LogP contribution in [-0.4, -0.2) is 75.3 Å². The van der Waals surface area contributed by atoms with Crippen molar-refractivity contribution in [1.82, 2.24) is 0 Å². The molecule has 3 aromatic rings. The molecule has 16 bridgehead atoms. The van der Waals surface area contributed by atoms with Crippen molar-refractivity contribution in [1.29, 1.82) is 0 Å². The number of benzene rings is 3. The summed E-state index contributed by atoms with van der Waals surface area (Å²) in [6, 6.07) is 18.4. The normalized spacial score (nSPS) is 37.5. The van der Waals surface area contributed by atoms with E-state index in [2.05, 4.69) is 24.3 Å². The van der Waals surface area contributed by atoms with E-state index in [4.69, 9.17) is 53.1 Å². The van der Waals surface area contributed by atoms with Crippen LogP contribution in [0.15, 0.2) is 54.6 Å². The van der Waals surface area contributed by atoms with Crippen LogP contribution < -0.4 is 34.2 Å². The second kappa shape index (κ2) is 24.3. The van der Waals surface area contributed by atoms with Crippen LogP contribution in [0.3, 0.4) is 0 Å². The van der Waals surface area contributed by atoms with E-state index in [0.717, 1.165) is 163 Å². The fraction of sp³-hybridized carbons (Fsp3) is 0.753. The van der Waals surface area contributed by atoms with E-state index in [0.29, 0.717) is 57.7 Å². The molecule has 0 saturated heterocycles. The molecule has 2 N–H and O–H groups in total. The minimum atomic E-state index is 0.114. The van der Waals surface area contributed by atoms with Gasteiger partial charge >= 0.3 is 0 Å². The second-order valence-corrected chi connectivity index (χ2v) is 30.8. The van der Waals surface area contributed by atoms with Crippen molar-refractivity contribution >= 4 is 0 Å². The zero-order chi connectivity index (χ0) is 56.1. The third-order valence-corrected chi connectivity index (χ3v) is 23.7. The van der Waals surface area contributed by atoms with Crippen molar-refractivity contribution in [3.63, 3.8) is 0 Å². The molecule has 458 valence electrons. The zero-order valence-electron chi connectivity index (χ0n) is 50.9. The highest BCUT2D eigenvalue weighted by atomic mass is 16.5. The topological polar surface area (TPSA) is 118 Å². The SMILES string of the molecule is NCc1cc(OCc2cc(OCCCOC34CC5CC(CC(C5)C3)C4)cc(OCCCOC34CC5CC(CC(C5)C3)C4)c2)cc(OCc2cc(OCCCOC34CC5CC(CC(C5)C3)C4)cc(OCCCOC34CC5CC(CC(C5)C3)C4)c2)c1. The molecule has 0 heterocycles. The summed E-state index contributed by atoms with van der Waals surface area (Å²) in [5.41, 5.74) is 9.67. The number of rotatable bonds is 31. The maximum absolute atomic E-state index is 6.78. The molecule has 16 saturated carbocycles. The lowest BCUT2D eigenvalue weighted by Gasteiger charge is -2.56. The van der Waals surface area contributed by atoms with E-state index < -0.39 is 0 Å². The van der Waals surface area contributed by atoms with E-state index in [1.165, 1.54) is 154 Å². The molecule has 11 nitrogen and oxygen atoms in total. The van der Waals surface area contributed by atoms with Crippen molar-refractivity contribution < 1.29 is 47.4 Å². The first kappa shape index (κ1) is 56.7. The molecule has 16 aliphatic rings. The van der Waals surface area contributed by atoms with Crippen LogP contribution >= 0.6 is 0 Å². The minimum Gasteiger partial charge on any atom is -0.493 e. The number of ether oxygens (including phenoxy) is 10. The van der Waals surface area contributed by atoms with Gasteiger partial charge in [0.15, 0.2) is 0 Å². The minimum absolute atomic E-state index is 0.114. The van der Waals surface area contributed by atoms with Crippen LogP contribution in [0.2, 0.25) is 0 Å². The largest absolute Gasteiger partial charge is 0.493 e. The van der Waals surface area contributed by atoms with Crippen LogP contribution in [0.25, 0.3) is 0 Å². The molecule has 0 radical (unpaired) electrons. The van der Waals surface area contributed by atoms with Gasteiger partial charge in [-0.1, -0.05) is 0 Å². The molecular weight excluding hydrogens is 1050 g/mol. The molecule has 0 unspecified atom stereocenters. The Labute approximate surface area is 502 Å². The molecule has 0 aromatic heterocycles. The molecule has 16 aliphatic carbocycles. The van der Waals surface area contributed by atoms with Gasteiger partial charge in [0.05, 0.1) is 75.3 Å². The molecule has 0 amide bonds. The van der Waals surface area contributed by atoms with Gasteiger partial charge in [-0.05, 0) is 278 Å². The van der Waals surface area contributed by atoms with Crippen molar-refractivity contribution in [2.45, 2.75) is 222 Å². The van der Waals surface area contributed by atoms with E-state index in [1.807, 2.05) is 30.3 Å². The lowest BCUT2D eigenvalue weighted by Crippen LogP contribution is -2.52. The standard InChI is InChI=1S/C73H101NO10/c74-46-61-25-68(79-47-62-27-64(75-5-1-9-81-70-34-49-13-50(35-70)15-51(14-49)36-70)31-65(28-62)76-6-2-10-82-71-37-52-16-53(38-71)18-54(17-52)39-71)33-69(26-61)80-48-63-29-66(77-7-3-11-83-72-40-55-19-56(41-72)21-57(20-55)42-72)32-67(30-63)78-8-4-12-84-73-43-58-22-59(44-73)24-60(23-58)45-73/h25-33,49-60H,1-24,34-48,74H2. The van der Waals surface area contributed by atoms with Gasteiger partial charge in [0.25, 0.3) is 0 Å². The number of nitrogens with two attached hydrogens (primary N) is 1.